The minimum Gasteiger partial charge on any atom is -0.344 e. The van der Waals surface area contributed by atoms with E-state index in [0.717, 1.165) is 15.4 Å². The van der Waals surface area contributed by atoms with Gasteiger partial charge in [-0.25, -0.2) is 12.7 Å². The molecule has 0 bridgehead atoms. The zero-order chi connectivity index (χ0) is 20.3. The zero-order valence-corrected chi connectivity index (χ0v) is 16.5. The van der Waals surface area contributed by atoms with Gasteiger partial charge in [-0.2, -0.15) is 4.98 Å². The van der Waals surface area contributed by atoms with Gasteiger partial charge in [-0.1, -0.05) is 35.0 Å². The summed E-state index contributed by atoms with van der Waals surface area (Å²) >= 11 is 0. The molecule has 0 saturated heterocycles. The molecule has 1 aromatic heterocycles. The van der Waals surface area contributed by atoms with Crippen molar-refractivity contribution in [2.24, 2.45) is 0 Å². The summed E-state index contributed by atoms with van der Waals surface area (Å²) in [4.78, 5) is 16.4. The van der Waals surface area contributed by atoms with Crippen molar-refractivity contribution in [2.45, 2.75) is 18.4 Å². The average molecular weight is 400 g/mol. The summed E-state index contributed by atoms with van der Waals surface area (Å²) in [5.41, 5.74) is 2.64. The van der Waals surface area contributed by atoms with Crippen LogP contribution in [0.1, 0.15) is 21.8 Å². The van der Waals surface area contributed by atoms with E-state index in [1.165, 1.54) is 26.2 Å². The van der Waals surface area contributed by atoms with Crippen molar-refractivity contribution in [2.75, 3.05) is 14.1 Å². The molecule has 0 saturated carbocycles. The Hall–Kier alpha value is -3.04. The molecule has 8 nitrogen and oxygen atoms in total. The van der Waals surface area contributed by atoms with E-state index in [1.807, 2.05) is 31.2 Å². The molecule has 9 heteroatoms. The Balaban J connectivity index is 1.69. The quantitative estimate of drug-likeness (QED) is 0.680. The normalized spacial score (nSPS) is 11.6. The highest BCUT2D eigenvalue weighted by Crippen LogP contribution is 2.20. The fourth-order valence-electron chi connectivity index (χ4n) is 2.38. The second-order valence-electron chi connectivity index (χ2n) is 6.40. The number of hydrogen-bond acceptors (Lipinski definition) is 6. The number of sulfonamides is 1. The molecule has 0 aliphatic rings. The van der Waals surface area contributed by atoms with E-state index in [9.17, 15) is 13.2 Å². The first kappa shape index (κ1) is 19.7. The molecule has 3 rings (SSSR count). The van der Waals surface area contributed by atoms with Gasteiger partial charge in [-0.3, -0.25) is 4.79 Å². The maximum Gasteiger partial charge on any atom is 0.316 e. The van der Waals surface area contributed by atoms with Crippen LogP contribution in [-0.2, 0) is 16.6 Å². The van der Waals surface area contributed by atoms with Gasteiger partial charge >= 0.3 is 11.8 Å². The van der Waals surface area contributed by atoms with E-state index >= 15 is 0 Å². The minimum atomic E-state index is -3.52. The van der Waals surface area contributed by atoms with Crippen molar-refractivity contribution in [3.63, 3.8) is 0 Å². The van der Waals surface area contributed by atoms with Crippen LogP contribution in [0.15, 0.2) is 57.9 Å². The van der Waals surface area contributed by atoms with Crippen molar-refractivity contribution in [1.29, 1.82) is 0 Å². The maximum atomic E-state index is 12.2. The molecule has 0 aliphatic carbocycles. The Morgan fingerprint density at radius 2 is 1.71 bits per heavy atom. The third-order valence-electron chi connectivity index (χ3n) is 4.09. The van der Waals surface area contributed by atoms with Gasteiger partial charge in [0.1, 0.15) is 0 Å². The van der Waals surface area contributed by atoms with E-state index in [1.54, 1.807) is 12.1 Å². The predicted octanol–water partition coefficient (Wildman–Crippen LogP) is 2.23. The van der Waals surface area contributed by atoms with Crippen LogP contribution >= 0.6 is 0 Å². The lowest BCUT2D eigenvalue weighted by Crippen LogP contribution is -2.23. The van der Waals surface area contributed by atoms with Crippen molar-refractivity contribution >= 4 is 15.9 Å². The molecule has 0 radical (unpaired) electrons. The highest BCUT2D eigenvalue weighted by atomic mass is 32.2. The van der Waals surface area contributed by atoms with Gasteiger partial charge in [-0.05, 0) is 36.8 Å². The lowest BCUT2D eigenvalue weighted by molar-refractivity contribution is 0.0907. The number of benzene rings is 2. The van der Waals surface area contributed by atoms with Crippen LogP contribution in [0.5, 0.6) is 0 Å². The predicted molar refractivity (Wildman–Crippen MR) is 103 cm³/mol. The number of carbonyl (C=O) groups is 1. The number of aryl methyl sites for hydroxylation is 1. The van der Waals surface area contributed by atoms with Gasteiger partial charge in [0, 0.05) is 26.2 Å². The van der Waals surface area contributed by atoms with E-state index in [4.69, 9.17) is 4.52 Å². The first-order chi connectivity index (χ1) is 13.3. The molecule has 0 unspecified atom stereocenters. The summed E-state index contributed by atoms with van der Waals surface area (Å²) in [5, 5.41) is 6.52. The number of aromatic nitrogens is 2. The zero-order valence-electron chi connectivity index (χ0n) is 15.7. The van der Waals surface area contributed by atoms with Crippen LogP contribution in [0.25, 0.3) is 11.4 Å². The van der Waals surface area contributed by atoms with Gasteiger partial charge in [-0.15, -0.1) is 0 Å². The van der Waals surface area contributed by atoms with Gasteiger partial charge in [0.2, 0.25) is 15.8 Å². The van der Waals surface area contributed by atoms with Crippen LogP contribution in [-0.4, -0.2) is 42.9 Å². The largest absolute Gasteiger partial charge is 0.344 e. The van der Waals surface area contributed by atoms with Crippen LogP contribution in [0.2, 0.25) is 0 Å². The van der Waals surface area contributed by atoms with Crippen LogP contribution in [0, 0.1) is 6.92 Å². The molecule has 146 valence electrons. The smallest absolute Gasteiger partial charge is 0.316 e. The Labute approximate surface area is 163 Å². The molecule has 0 fully saturated rings. The second kappa shape index (κ2) is 7.91. The molecule has 1 N–H and O–H groups in total. The van der Waals surface area contributed by atoms with E-state index in [2.05, 4.69) is 15.5 Å². The highest BCUT2D eigenvalue weighted by Gasteiger charge is 2.19. The van der Waals surface area contributed by atoms with Crippen molar-refractivity contribution in [1.82, 2.24) is 19.8 Å². The van der Waals surface area contributed by atoms with Crippen molar-refractivity contribution < 1.29 is 17.7 Å². The number of nitrogens with zero attached hydrogens (tertiary/aromatic N) is 3. The topological polar surface area (TPSA) is 105 Å². The fourth-order valence-corrected chi connectivity index (χ4v) is 3.29. The Kier molecular flexibility index (Phi) is 5.57. The first-order valence-corrected chi connectivity index (χ1v) is 9.92. The third kappa shape index (κ3) is 4.26. The first-order valence-electron chi connectivity index (χ1n) is 8.48. The van der Waals surface area contributed by atoms with Crippen molar-refractivity contribution in [3.05, 3.63) is 65.5 Å². The van der Waals surface area contributed by atoms with E-state index in [0.29, 0.717) is 12.1 Å². The molecule has 1 heterocycles. The van der Waals surface area contributed by atoms with Crippen molar-refractivity contribution in [3.8, 4) is 11.4 Å². The lowest BCUT2D eigenvalue weighted by Gasteiger charge is -2.11. The molecule has 2 aromatic carbocycles. The van der Waals surface area contributed by atoms with Crippen LogP contribution in [0.3, 0.4) is 0 Å². The molecule has 0 aliphatic heterocycles. The molecule has 3 aromatic rings. The standard InChI is InChI=1S/C19H20N4O4S/c1-13-4-6-14(7-5-13)12-20-18(24)19-21-17(22-27-19)15-8-10-16(11-9-15)28(25,26)23(2)3/h4-11H,12H2,1-3H3,(H,20,24). The fraction of sp³-hybridized carbons (Fsp3) is 0.211. The maximum absolute atomic E-state index is 12.2. The average Bonchev–Trinajstić information content (AvgIpc) is 3.17. The van der Waals surface area contributed by atoms with Gasteiger partial charge < -0.3 is 9.84 Å². The van der Waals surface area contributed by atoms with Gasteiger partial charge in [0.25, 0.3) is 0 Å². The summed E-state index contributed by atoms with van der Waals surface area (Å²) in [5.74, 6) is -0.437. The number of nitrogens with one attached hydrogen (secondary N) is 1. The molecule has 0 atom stereocenters. The Morgan fingerprint density at radius 3 is 2.32 bits per heavy atom. The molecule has 0 spiro atoms. The second-order valence-corrected chi connectivity index (χ2v) is 8.56. The Morgan fingerprint density at radius 1 is 1.07 bits per heavy atom. The summed E-state index contributed by atoms with van der Waals surface area (Å²) < 4.78 is 30.4. The summed E-state index contributed by atoms with van der Waals surface area (Å²) in [6.45, 7) is 2.33. The summed E-state index contributed by atoms with van der Waals surface area (Å²) in [7, 11) is -0.591. The summed E-state index contributed by atoms with van der Waals surface area (Å²) in [6, 6.07) is 13.8. The van der Waals surface area contributed by atoms with E-state index in [-0.39, 0.29) is 16.6 Å². The summed E-state index contributed by atoms with van der Waals surface area (Å²) in [6.07, 6.45) is 0. The Bertz CT molecular complexity index is 1070. The number of carbonyl (C=O) groups excluding carboxylic acids is 1. The molecule has 28 heavy (non-hydrogen) atoms. The van der Waals surface area contributed by atoms with E-state index < -0.39 is 15.9 Å². The molecule has 1 amide bonds. The number of amides is 1. The minimum absolute atomic E-state index is 0.154. The van der Waals surface area contributed by atoms with Crippen LogP contribution in [0.4, 0.5) is 0 Å². The third-order valence-corrected chi connectivity index (χ3v) is 5.91. The van der Waals surface area contributed by atoms with Gasteiger partial charge in [0.15, 0.2) is 0 Å². The number of rotatable bonds is 6. The monoisotopic (exact) mass is 400 g/mol. The molecular weight excluding hydrogens is 380 g/mol. The SMILES string of the molecule is Cc1ccc(CNC(=O)c2nc(-c3ccc(S(=O)(=O)N(C)C)cc3)no2)cc1. The van der Waals surface area contributed by atoms with Crippen LogP contribution < -0.4 is 5.32 Å². The number of hydrogen-bond donors (Lipinski definition) is 1. The van der Waals surface area contributed by atoms with Gasteiger partial charge in [0.05, 0.1) is 4.90 Å². The lowest BCUT2D eigenvalue weighted by atomic mass is 10.1. The highest BCUT2D eigenvalue weighted by molar-refractivity contribution is 7.89. The molecular formula is C19H20N4O4S.